The van der Waals surface area contributed by atoms with Gasteiger partial charge in [0.15, 0.2) is 0 Å². The molecule has 5 nitrogen and oxygen atoms in total. The number of ether oxygens (including phenoxy) is 1. The van der Waals surface area contributed by atoms with Crippen LogP contribution in [0.2, 0.25) is 0 Å². The second kappa shape index (κ2) is 10.1. The molecule has 2 aliphatic heterocycles. The van der Waals surface area contributed by atoms with Gasteiger partial charge >= 0.3 is 0 Å². The normalized spacial score (nSPS) is 21.5. The van der Waals surface area contributed by atoms with Crippen molar-refractivity contribution in [3.63, 3.8) is 0 Å². The number of aliphatic hydroxyl groups is 1. The summed E-state index contributed by atoms with van der Waals surface area (Å²) in [5.74, 6) is 1.70. The van der Waals surface area contributed by atoms with E-state index in [-0.39, 0.29) is 23.0 Å². The Balaban J connectivity index is 1.43. The van der Waals surface area contributed by atoms with E-state index in [1.807, 2.05) is 10.6 Å². The summed E-state index contributed by atoms with van der Waals surface area (Å²) in [6, 6.07) is 12.2. The summed E-state index contributed by atoms with van der Waals surface area (Å²) < 4.78 is 8.23. The molecule has 2 aromatic rings. The first-order chi connectivity index (χ1) is 16.5. The van der Waals surface area contributed by atoms with E-state index >= 15 is 0 Å². The van der Waals surface area contributed by atoms with E-state index in [1.165, 1.54) is 11.1 Å². The molecule has 0 aliphatic carbocycles. The van der Waals surface area contributed by atoms with Crippen molar-refractivity contribution >= 4 is 0 Å². The van der Waals surface area contributed by atoms with E-state index in [1.54, 1.807) is 6.07 Å². The Kier molecular flexibility index (Phi) is 7.49. The Labute approximate surface area is 211 Å². The summed E-state index contributed by atoms with van der Waals surface area (Å²) in [5.41, 5.74) is 3.93. The Morgan fingerprint density at radius 2 is 1.77 bits per heavy atom. The molecule has 1 fully saturated rings. The lowest BCUT2D eigenvalue weighted by Gasteiger charge is -2.43. The highest BCUT2D eigenvalue weighted by Gasteiger charge is 2.35. The van der Waals surface area contributed by atoms with E-state index in [2.05, 4.69) is 70.7 Å². The van der Waals surface area contributed by atoms with Crippen LogP contribution < -0.4 is 10.3 Å². The maximum Gasteiger partial charge on any atom is 0.250 e. The van der Waals surface area contributed by atoms with Crippen molar-refractivity contribution in [2.75, 3.05) is 26.2 Å². The highest BCUT2D eigenvalue weighted by molar-refractivity contribution is 5.44. The number of aromatic nitrogens is 1. The second-order valence-electron chi connectivity index (χ2n) is 12.1. The Bertz CT molecular complexity index is 1090. The molecule has 1 aromatic carbocycles. The highest BCUT2D eigenvalue weighted by Crippen LogP contribution is 2.39. The van der Waals surface area contributed by atoms with E-state index in [0.717, 1.165) is 50.3 Å². The van der Waals surface area contributed by atoms with Gasteiger partial charge in [-0.25, -0.2) is 0 Å². The van der Waals surface area contributed by atoms with Crippen LogP contribution in [0.25, 0.3) is 0 Å². The molecule has 1 unspecified atom stereocenters. The van der Waals surface area contributed by atoms with E-state index in [0.29, 0.717) is 18.4 Å². The van der Waals surface area contributed by atoms with Crippen molar-refractivity contribution in [1.29, 1.82) is 0 Å². The average molecular weight is 481 g/mol. The zero-order valence-corrected chi connectivity index (χ0v) is 22.5. The largest absolute Gasteiger partial charge is 0.491 e. The number of rotatable bonds is 9. The first kappa shape index (κ1) is 26.0. The van der Waals surface area contributed by atoms with Crippen molar-refractivity contribution in [1.82, 2.24) is 9.47 Å². The van der Waals surface area contributed by atoms with Crippen LogP contribution in [0.15, 0.2) is 41.2 Å². The summed E-state index contributed by atoms with van der Waals surface area (Å²) in [5, 5.41) is 10.9. The van der Waals surface area contributed by atoms with Gasteiger partial charge in [-0.3, -0.25) is 9.69 Å². The smallest absolute Gasteiger partial charge is 0.250 e. The quantitative estimate of drug-likeness (QED) is 0.544. The van der Waals surface area contributed by atoms with Gasteiger partial charge in [0.2, 0.25) is 0 Å². The number of fused-ring (bicyclic) bond motifs is 4. The van der Waals surface area contributed by atoms with Crippen LogP contribution in [-0.4, -0.2) is 46.9 Å². The van der Waals surface area contributed by atoms with Crippen molar-refractivity contribution in [3.8, 4) is 5.75 Å². The van der Waals surface area contributed by atoms with Crippen molar-refractivity contribution < 1.29 is 9.84 Å². The number of benzene rings is 1. The van der Waals surface area contributed by atoms with Crippen LogP contribution in [0.4, 0.5) is 0 Å². The standard InChI is InChI=1S/C30H44N2O3/c1-7-29(3,4)23-12-13-27(25(15-23)30(5,6)8-2)35-20-24(33)19-31-16-21-14-22(18-31)26-10-9-11-28(34)32(26)17-21/h9-13,15,21-22,24,33H,7-8,14,16-20H2,1-6H3/t21-,22-,24?/m1/s1. The van der Waals surface area contributed by atoms with Crippen LogP contribution >= 0.6 is 0 Å². The number of aliphatic hydroxyl groups excluding tert-OH is 1. The fourth-order valence-electron chi connectivity index (χ4n) is 5.68. The summed E-state index contributed by atoms with van der Waals surface area (Å²) in [4.78, 5) is 14.6. The van der Waals surface area contributed by atoms with E-state index < -0.39 is 6.10 Å². The van der Waals surface area contributed by atoms with E-state index in [9.17, 15) is 9.90 Å². The van der Waals surface area contributed by atoms with Crippen molar-refractivity contribution in [3.05, 3.63) is 63.6 Å². The summed E-state index contributed by atoms with van der Waals surface area (Å²) >= 11 is 0. The number of piperidine rings is 1. The van der Waals surface area contributed by atoms with Crippen LogP contribution in [0.5, 0.6) is 5.75 Å². The summed E-state index contributed by atoms with van der Waals surface area (Å²) in [7, 11) is 0. The number of pyridine rings is 1. The maximum absolute atomic E-state index is 12.3. The van der Waals surface area contributed by atoms with Gasteiger partial charge in [-0.1, -0.05) is 59.7 Å². The lowest BCUT2D eigenvalue weighted by Crippen LogP contribution is -2.49. The third kappa shape index (κ3) is 5.51. The van der Waals surface area contributed by atoms with Crippen LogP contribution in [0, 0.1) is 5.92 Å². The molecule has 2 aliphatic rings. The third-order valence-electron chi connectivity index (χ3n) is 8.71. The van der Waals surface area contributed by atoms with Gasteiger partial charge in [-0.2, -0.15) is 0 Å². The Morgan fingerprint density at radius 3 is 2.49 bits per heavy atom. The van der Waals surface area contributed by atoms with Crippen LogP contribution in [0.1, 0.15) is 83.5 Å². The average Bonchev–Trinajstić information content (AvgIpc) is 2.83. The van der Waals surface area contributed by atoms with Crippen LogP contribution in [0.3, 0.4) is 0 Å². The lowest BCUT2D eigenvalue weighted by atomic mass is 9.76. The summed E-state index contributed by atoms with van der Waals surface area (Å²) in [6.07, 6.45) is 2.66. The lowest BCUT2D eigenvalue weighted by molar-refractivity contribution is 0.0380. The van der Waals surface area contributed by atoms with Crippen molar-refractivity contribution in [2.45, 2.75) is 90.2 Å². The molecule has 4 rings (SSSR count). The Morgan fingerprint density at radius 1 is 1.03 bits per heavy atom. The molecule has 0 amide bonds. The molecular weight excluding hydrogens is 436 g/mol. The predicted molar refractivity (Wildman–Crippen MR) is 143 cm³/mol. The minimum absolute atomic E-state index is 0.00406. The zero-order valence-electron chi connectivity index (χ0n) is 22.5. The molecule has 2 bridgehead atoms. The van der Waals surface area contributed by atoms with Gasteiger partial charge in [-0.05, 0) is 53.7 Å². The highest BCUT2D eigenvalue weighted by atomic mass is 16.5. The van der Waals surface area contributed by atoms with Gasteiger partial charge in [0.25, 0.3) is 5.56 Å². The Hall–Kier alpha value is -2.11. The molecule has 0 spiro atoms. The molecule has 1 aromatic heterocycles. The first-order valence-electron chi connectivity index (χ1n) is 13.4. The fourth-order valence-corrected chi connectivity index (χ4v) is 5.68. The maximum atomic E-state index is 12.3. The molecule has 192 valence electrons. The second-order valence-corrected chi connectivity index (χ2v) is 12.1. The monoisotopic (exact) mass is 480 g/mol. The molecule has 5 heteroatoms. The third-order valence-corrected chi connectivity index (χ3v) is 8.71. The van der Waals surface area contributed by atoms with Gasteiger partial charge < -0.3 is 14.4 Å². The molecule has 3 atom stereocenters. The minimum atomic E-state index is -0.559. The number of β-amino-alcohol motifs (C(OH)–C–C–N with tert-alkyl or cyclic N) is 1. The number of hydrogen-bond acceptors (Lipinski definition) is 4. The SMILES string of the molecule is CCC(C)(C)c1ccc(OCC(O)CN2C[C@H]3C[C@H](C2)c2cccc(=O)n2C3)c(C(C)(C)CC)c1. The molecular formula is C30H44N2O3. The number of nitrogens with zero attached hydrogens (tertiary/aromatic N) is 2. The first-order valence-corrected chi connectivity index (χ1v) is 13.4. The number of likely N-dealkylation sites (tertiary alicyclic amines) is 1. The fraction of sp³-hybridized carbons (Fsp3) is 0.633. The van der Waals surface area contributed by atoms with Gasteiger partial charge in [-0.15, -0.1) is 0 Å². The van der Waals surface area contributed by atoms with Gasteiger partial charge in [0.1, 0.15) is 18.5 Å². The zero-order chi connectivity index (χ0) is 25.4. The van der Waals surface area contributed by atoms with Crippen molar-refractivity contribution in [2.24, 2.45) is 5.92 Å². The van der Waals surface area contributed by atoms with Gasteiger partial charge in [0.05, 0.1) is 0 Å². The molecule has 3 heterocycles. The molecule has 0 saturated carbocycles. The van der Waals surface area contributed by atoms with E-state index in [4.69, 9.17) is 4.74 Å². The van der Waals surface area contributed by atoms with Crippen LogP contribution in [-0.2, 0) is 17.4 Å². The number of hydrogen-bond donors (Lipinski definition) is 1. The topological polar surface area (TPSA) is 54.7 Å². The predicted octanol–water partition coefficient (Wildman–Crippen LogP) is 5.08. The molecule has 1 saturated heterocycles. The van der Waals surface area contributed by atoms with Gasteiger partial charge in [0, 0.05) is 49.4 Å². The molecule has 0 radical (unpaired) electrons. The molecule has 1 N–H and O–H groups in total. The minimum Gasteiger partial charge on any atom is -0.491 e. The molecule has 35 heavy (non-hydrogen) atoms. The summed E-state index contributed by atoms with van der Waals surface area (Å²) in [6.45, 7) is 17.0.